The third-order valence-electron chi connectivity index (χ3n) is 2.43. The van der Waals surface area contributed by atoms with Gasteiger partial charge in [0.05, 0.1) is 6.61 Å². The van der Waals surface area contributed by atoms with Gasteiger partial charge in [-0.15, -0.1) is 0 Å². The third-order valence-corrected chi connectivity index (χ3v) is 2.43. The first kappa shape index (κ1) is 10.7. The van der Waals surface area contributed by atoms with Crippen LogP contribution in [-0.2, 0) is 9.47 Å². The van der Waals surface area contributed by atoms with Gasteiger partial charge in [0.15, 0.2) is 6.29 Å². The van der Waals surface area contributed by atoms with Gasteiger partial charge in [-0.05, 0) is 39.5 Å². The van der Waals surface area contributed by atoms with E-state index in [2.05, 4.69) is 19.9 Å². The average Bonchev–Trinajstić information content (AvgIpc) is 2.19. The smallest absolute Gasteiger partial charge is 0.157 e. The van der Waals surface area contributed by atoms with Crippen LogP contribution in [0.1, 0.15) is 39.5 Å². The number of ether oxygens (including phenoxy) is 2. The first-order chi connectivity index (χ1) is 6.33. The van der Waals surface area contributed by atoms with Crippen LogP contribution in [0.25, 0.3) is 0 Å². The molecule has 2 heteroatoms. The summed E-state index contributed by atoms with van der Waals surface area (Å²) in [5, 5.41) is 0. The van der Waals surface area contributed by atoms with Gasteiger partial charge in [0.1, 0.15) is 0 Å². The zero-order valence-corrected chi connectivity index (χ0v) is 8.71. The first-order valence-corrected chi connectivity index (χ1v) is 5.18. The van der Waals surface area contributed by atoms with E-state index in [-0.39, 0.29) is 6.29 Å². The standard InChI is InChI=1S/C11H20O2/c1-3-10(2)7-9-13-11-6-4-5-8-12-11/h3,11H,4-9H2,1-2H3/b10-3+. The molecule has 2 nitrogen and oxygen atoms in total. The summed E-state index contributed by atoms with van der Waals surface area (Å²) < 4.78 is 11.0. The second kappa shape index (κ2) is 6.17. The second-order valence-corrected chi connectivity index (χ2v) is 3.55. The fourth-order valence-electron chi connectivity index (χ4n) is 1.34. The molecule has 0 aliphatic carbocycles. The molecule has 0 saturated carbocycles. The van der Waals surface area contributed by atoms with Crippen LogP contribution in [0, 0.1) is 0 Å². The van der Waals surface area contributed by atoms with Gasteiger partial charge in [-0.3, -0.25) is 0 Å². The molecule has 0 radical (unpaired) electrons. The van der Waals surface area contributed by atoms with E-state index in [0.29, 0.717) is 0 Å². The van der Waals surface area contributed by atoms with Crippen molar-refractivity contribution in [1.82, 2.24) is 0 Å². The summed E-state index contributed by atoms with van der Waals surface area (Å²) in [7, 11) is 0. The van der Waals surface area contributed by atoms with Crippen molar-refractivity contribution in [3.63, 3.8) is 0 Å². The topological polar surface area (TPSA) is 18.5 Å². The summed E-state index contributed by atoms with van der Waals surface area (Å²) in [6.45, 7) is 5.85. The molecular formula is C11H20O2. The van der Waals surface area contributed by atoms with E-state index in [1.165, 1.54) is 18.4 Å². The molecule has 1 aliphatic rings. The maximum Gasteiger partial charge on any atom is 0.157 e. The minimum atomic E-state index is 0.0680. The van der Waals surface area contributed by atoms with Gasteiger partial charge in [-0.1, -0.05) is 11.6 Å². The van der Waals surface area contributed by atoms with Gasteiger partial charge in [0, 0.05) is 6.61 Å². The molecule has 13 heavy (non-hydrogen) atoms. The number of hydrogen-bond donors (Lipinski definition) is 0. The Morgan fingerprint density at radius 3 is 3.00 bits per heavy atom. The molecule has 0 amide bonds. The Bertz CT molecular complexity index is 157. The lowest BCUT2D eigenvalue weighted by atomic mass is 10.2. The van der Waals surface area contributed by atoms with Gasteiger partial charge < -0.3 is 9.47 Å². The van der Waals surface area contributed by atoms with Crippen molar-refractivity contribution in [2.75, 3.05) is 13.2 Å². The molecule has 0 aromatic carbocycles. The van der Waals surface area contributed by atoms with Crippen LogP contribution in [0.15, 0.2) is 11.6 Å². The Balaban J connectivity index is 2.04. The highest BCUT2D eigenvalue weighted by atomic mass is 16.7. The second-order valence-electron chi connectivity index (χ2n) is 3.55. The summed E-state index contributed by atoms with van der Waals surface area (Å²) in [5.74, 6) is 0. The largest absolute Gasteiger partial charge is 0.353 e. The Kier molecular flexibility index (Phi) is 5.09. The Morgan fingerprint density at radius 2 is 2.38 bits per heavy atom. The van der Waals surface area contributed by atoms with Crippen molar-refractivity contribution < 1.29 is 9.47 Å². The van der Waals surface area contributed by atoms with Gasteiger partial charge in [0.25, 0.3) is 0 Å². The molecule has 0 N–H and O–H groups in total. The summed E-state index contributed by atoms with van der Waals surface area (Å²) in [6.07, 6.45) is 6.72. The van der Waals surface area contributed by atoms with Crippen LogP contribution in [0.2, 0.25) is 0 Å². The van der Waals surface area contributed by atoms with Crippen LogP contribution in [0.3, 0.4) is 0 Å². The zero-order chi connectivity index (χ0) is 9.52. The van der Waals surface area contributed by atoms with E-state index in [1.807, 2.05) is 0 Å². The van der Waals surface area contributed by atoms with Crippen LogP contribution in [-0.4, -0.2) is 19.5 Å². The van der Waals surface area contributed by atoms with E-state index < -0.39 is 0 Å². The molecule has 1 atom stereocenters. The fraction of sp³-hybridized carbons (Fsp3) is 0.818. The van der Waals surface area contributed by atoms with E-state index >= 15 is 0 Å². The third kappa shape index (κ3) is 4.44. The SMILES string of the molecule is C/C=C(\C)CCOC1CCCCO1. The highest BCUT2D eigenvalue weighted by Crippen LogP contribution is 2.14. The lowest BCUT2D eigenvalue weighted by molar-refractivity contribution is -0.161. The van der Waals surface area contributed by atoms with E-state index in [4.69, 9.17) is 9.47 Å². The van der Waals surface area contributed by atoms with Gasteiger partial charge in [-0.2, -0.15) is 0 Å². The molecule has 0 spiro atoms. The summed E-state index contributed by atoms with van der Waals surface area (Å²) in [6, 6.07) is 0. The molecule has 1 rings (SSSR count). The van der Waals surface area contributed by atoms with Gasteiger partial charge >= 0.3 is 0 Å². The minimum absolute atomic E-state index is 0.0680. The zero-order valence-electron chi connectivity index (χ0n) is 8.71. The predicted octanol–water partition coefficient (Wildman–Crippen LogP) is 2.89. The van der Waals surface area contributed by atoms with Gasteiger partial charge in [0.2, 0.25) is 0 Å². The van der Waals surface area contributed by atoms with Crippen molar-refractivity contribution >= 4 is 0 Å². The number of rotatable bonds is 4. The van der Waals surface area contributed by atoms with E-state index in [1.54, 1.807) is 0 Å². The van der Waals surface area contributed by atoms with Crippen LogP contribution >= 0.6 is 0 Å². The maximum absolute atomic E-state index is 5.59. The maximum atomic E-state index is 5.59. The van der Waals surface area contributed by atoms with Crippen molar-refractivity contribution in [2.24, 2.45) is 0 Å². The highest BCUT2D eigenvalue weighted by molar-refractivity contribution is 4.94. The molecule has 76 valence electrons. The van der Waals surface area contributed by atoms with E-state index in [0.717, 1.165) is 26.1 Å². The Labute approximate surface area is 80.9 Å². The lowest BCUT2D eigenvalue weighted by Crippen LogP contribution is -2.22. The van der Waals surface area contributed by atoms with Gasteiger partial charge in [-0.25, -0.2) is 0 Å². The fourth-order valence-corrected chi connectivity index (χ4v) is 1.34. The number of hydrogen-bond acceptors (Lipinski definition) is 2. The molecular weight excluding hydrogens is 164 g/mol. The van der Waals surface area contributed by atoms with Crippen molar-refractivity contribution in [1.29, 1.82) is 0 Å². The molecule has 0 aromatic rings. The van der Waals surface area contributed by atoms with Crippen molar-refractivity contribution in [2.45, 2.75) is 45.8 Å². The van der Waals surface area contributed by atoms with Crippen molar-refractivity contribution in [3.05, 3.63) is 11.6 Å². The Morgan fingerprint density at radius 1 is 1.54 bits per heavy atom. The summed E-state index contributed by atoms with van der Waals surface area (Å²) in [5.41, 5.74) is 1.39. The molecule has 1 aliphatic heterocycles. The normalized spacial score (nSPS) is 24.8. The Hall–Kier alpha value is -0.340. The molecule has 0 bridgehead atoms. The first-order valence-electron chi connectivity index (χ1n) is 5.18. The molecule has 1 heterocycles. The monoisotopic (exact) mass is 184 g/mol. The predicted molar refractivity (Wildman–Crippen MR) is 53.6 cm³/mol. The van der Waals surface area contributed by atoms with E-state index in [9.17, 15) is 0 Å². The highest BCUT2D eigenvalue weighted by Gasteiger charge is 2.13. The average molecular weight is 184 g/mol. The molecule has 0 aromatic heterocycles. The van der Waals surface area contributed by atoms with Crippen LogP contribution in [0.5, 0.6) is 0 Å². The quantitative estimate of drug-likeness (QED) is 0.625. The number of allylic oxidation sites excluding steroid dienone is 1. The van der Waals surface area contributed by atoms with Crippen LogP contribution < -0.4 is 0 Å². The van der Waals surface area contributed by atoms with Crippen molar-refractivity contribution in [3.8, 4) is 0 Å². The minimum Gasteiger partial charge on any atom is -0.353 e. The molecule has 1 fully saturated rings. The molecule has 1 saturated heterocycles. The van der Waals surface area contributed by atoms with Crippen LogP contribution in [0.4, 0.5) is 0 Å². The molecule has 1 unspecified atom stereocenters. The summed E-state index contributed by atoms with van der Waals surface area (Å²) in [4.78, 5) is 0. The lowest BCUT2D eigenvalue weighted by Gasteiger charge is -2.22. The summed E-state index contributed by atoms with van der Waals surface area (Å²) >= 11 is 0.